The lowest BCUT2D eigenvalue weighted by Gasteiger charge is -2.42. The topological polar surface area (TPSA) is 78.9 Å². The number of nitrogens with zero attached hydrogens (tertiary/aromatic N) is 1. The number of aliphatic carboxylic acids is 1. The average molecular weight is 256 g/mol. The molecular formula is C12H20N2O4. The molecule has 2 N–H and O–H groups in total. The van der Waals surface area contributed by atoms with E-state index in [-0.39, 0.29) is 29.9 Å². The molecule has 6 heteroatoms. The summed E-state index contributed by atoms with van der Waals surface area (Å²) in [7, 11) is 1.65. The summed E-state index contributed by atoms with van der Waals surface area (Å²) in [5, 5.41) is 12.0. The zero-order valence-electron chi connectivity index (χ0n) is 10.8. The van der Waals surface area contributed by atoms with Crippen LogP contribution in [0.5, 0.6) is 0 Å². The lowest BCUT2D eigenvalue weighted by atomic mass is 9.86. The number of methoxy groups -OCH3 is 1. The van der Waals surface area contributed by atoms with E-state index in [2.05, 4.69) is 5.32 Å². The highest BCUT2D eigenvalue weighted by molar-refractivity contribution is 5.83. The Bertz CT molecular complexity index is 341. The fourth-order valence-electron chi connectivity index (χ4n) is 2.50. The van der Waals surface area contributed by atoms with Crippen molar-refractivity contribution in [2.24, 2.45) is 11.8 Å². The summed E-state index contributed by atoms with van der Waals surface area (Å²) in [6.45, 7) is 3.52. The Hall–Kier alpha value is -1.14. The minimum absolute atomic E-state index is 0.0726. The molecule has 0 aromatic heterocycles. The number of rotatable bonds is 4. The second-order valence-corrected chi connectivity index (χ2v) is 5.18. The molecule has 3 unspecified atom stereocenters. The minimum Gasteiger partial charge on any atom is -0.481 e. The maximum absolute atomic E-state index is 12.1. The third-order valence-electron chi connectivity index (χ3n) is 4.04. The molecule has 0 aromatic rings. The van der Waals surface area contributed by atoms with E-state index in [1.165, 1.54) is 0 Å². The van der Waals surface area contributed by atoms with Gasteiger partial charge >= 0.3 is 5.97 Å². The zero-order valence-corrected chi connectivity index (χ0v) is 10.8. The SMILES string of the molecule is COC1CNC(C(=O)N2CC(C(C)C(=O)O)C2)C1. The lowest BCUT2D eigenvalue weighted by molar-refractivity contribution is -0.151. The van der Waals surface area contributed by atoms with Gasteiger partial charge in [-0.3, -0.25) is 9.59 Å². The standard InChI is InChI=1S/C12H20N2O4/c1-7(12(16)17)8-5-14(6-8)11(15)10-3-9(18-2)4-13-10/h7-10,13H,3-6H2,1-2H3,(H,16,17). The maximum atomic E-state index is 12.1. The Morgan fingerprint density at radius 2 is 2.11 bits per heavy atom. The first-order valence-corrected chi connectivity index (χ1v) is 6.30. The number of hydrogen-bond acceptors (Lipinski definition) is 4. The van der Waals surface area contributed by atoms with Crippen LogP contribution >= 0.6 is 0 Å². The van der Waals surface area contributed by atoms with E-state index in [1.54, 1.807) is 18.9 Å². The molecule has 102 valence electrons. The van der Waals surface area contributed by atoms with Gasteiger partial charge in [-0.25, -0.2) is 0 Å². The predicted octanol–water partition coefficient (Wildman–Crippen LogP) is -0.458. The summed E-state index contributed by atoms with van der Waals surface area (Å²) in [6, 6.07) is -0.170. The van der Waals surface area contributed by atoms with Gasteiger partial charge in [0, 0.05) is 32.7 Å². The van der Waals surface area contributed by atoms with Crippen molar-refractivity contribution < 1.29 is 19.4 Å². The van der Waals surface area contributed by atoms with Crippen LogP contribution in [0.1, 0.15) is 13.3 Å². The zero-order chi connectivity index (χ0) is 13.3. The summed E-state index contributed by atoms with van der Waals surface area (Å²) >= 11 is 0. The molecule has 2 saturated heterocycles. The number of carbonyl (C=O) groups excluding carboxylic acids is 1. The summed E-state index contributed by atoms with van der Waals surface area (Å²) < 4.78 is 5.20. The van der Waals surface area contributed by atoms with Gasteiger partial charge in [0.05, 0.1) is 18.1 Å². The fourth-order valence-corrected chi connectivity index (χ4v) is 2.50. The van der Waals surface area contributed by atoms with E-state index < -0.39 is 5.97 Å². The minimum atomic E-state index is -0.787. The smallest absolute Gasteiger partial charge is 0.306 e. The third kappa shape index (κ3) is 2.49. The van der Waals surface area contributed by atoms with Crippen molar-refractivity contribution in [1.82, 2.24) is 10.2 Å². The summed E-state index contributed by atoms with van der Waals surface area (Å²) in [5.41, 5.74) is 0. The molecule has 1 amide bonds. The normalized spacial score (nSPS) is 30.0. The number of nitrogens with one attached hydrogen (secondary N) is 1. The molecule has 0 aromatic carbocycles. The van der Waals surface area contributed by atoms with Gasteiger partial charge in [-0.1, -0.05) is 6.92 Å². The van der Waals surface area contributed by atoms with E-state index in [1.807, 2.05) is 0 Å². The third-order valence-corrected chi connectivity index (χ3v) is 4.04. The van der Waals surface area contributed by atoms with E-state index in [0.29, 0.717) is 26.1 Å². The second kappa shape index (κ2) is 5.24. The van der Waals surface area contributed by atoms with Crippen LogP contribution in [-0.2, 0) is 14.3 Å². The average Bonchev–Trinajstić information content (AvgIpc) is 2.74. The molecule has 3 atom stereocenters. The first-order chi connectivity index (χ1) is 8.52. The van der Waals surface area contributed by atoms with Crippen molar-refractivity contribution in [2.75, 3.05) is 26.7 Å². The summed E-state index contributed by atoms with van der Waals surface area (Å²) in [5.74, 6) is -1.00. The van der Waals surface area contributed by atoms with Gasteiger partial charge < -0.3 is 20.1 Å². The van der Waals surface area contributed by atoms with Gasteiger partial charge in [0.15, 0.2) is 0 Å². The molecule has 0 saturated carbocycles. The number of carboxylic acid groups (broad SMARTS) is 1. The van der Waals surface area contributed by atoms with Crippen molar-refractivity contribution in [1.29, 1.82) is 0 Å². The van der Waals surface area contributed by atoms with Crippen molar-refractivity contribution >= 4 is 11.9 Å². The first kappa shape index (κ1) is 13.3. The Morgan fingerprint density at radius 1 is 1.44 bits per heavy atom. The van der Waals surface area contributed by atoms with E-state index in [4.69, 9.17) is 9.84 Å². The maximum Gasteiger partial charge on any atom is 0.306 e. The molecule has 0 aliphatic carbocycles. The van der Waals surface area contributed by atoms with E-state index in [0.717, 1.165) is 0 Å². The molecule has 0 radical (unpaired) electrons. The molecule has 0 bridgehead atoms. The van der Waals surface area contributed by atoms with Gasteiger partial charge in [-0.05, 0) is 6.42 Å². The van der Waals surface area contributed by atoms with Crippen LogP contribution in [0.4, 0.5) is 0 Å². The van der Waals surface area contributed by atoms with Crippen LogP contribution in [0.15, 0.2) is 0 Å². The summed E-state index contributed by atoms with van der Waals surface area (Å²) in [4.78, 5) is 24.6. The van der Waals surface area contributed by atoms with Crippen molar-refractivity contribution in [3.63, 3.8) is 0 Å². The molecule has 2 aliphatic heterocycles. The van der Waals surface area contributed by atoms with Crippen LogP contribution in [0.3, 0.4) is 0 Å². The van der Waals surface area contributed by atoms with E-state index in [9.17, 15) is 9.59 Å². The van der Waals surface area contributed by atoms with Crippen molar-refractivity contribution in [3.8, 4) is 0 Å². The lowest BCUT2D eigenvalue weighted by Crippen LogP contribution is -2.57. The van der Waals surface area contributed by atoms with Gasteiger partial charge in [0.2, 0.25) is 5.91 Å². The highest BCUT2D eigenvalue weighted by Crippen LogP contribution is 2.25. The fraction of sp³-hybridized carbons (Fsp3) is 0.833. The number of likely N-dealkylation sites (tertiary alicyclic amines) is 1. The molecule has 18 heavy (non-hydrogen) atoms. The highest BCUT2D eigenvalue weighted by Gasteiger charge is 2.41. The van der Waals surface area contributed by atoms with Crippen LogP contribution < -0.4 is 5.32 Å². The second-order valence-electron chi connectivity index (χ2n) is 5.18. The molecule has 6 nitrogen and oxygen atoms in total. The molecule has 2 rings (SSSR count). The predicted molar refractivity (Wildman–Crippen MR) is 64.1 cm³/mol. The molecule has 0 spiro atoms. The van der Waals surface area contributed by atoms with Crippen molar-refractivity contribution in [2.45, 2.75) is 25.5 Å². The number of hydrogen-bond donors (Lipinski definition) is 2. The van der Waals surface area contributed by atoms with Crippen LogP contribution in [0.2, 0.25) is 0 Å². The van der Waals surface area contributed by atoms with Gasteiger partial charge in [-0.2, -0.15) is 0 Å². The van der Waals surface area contributed by atoms with Gasteiger partial charge in [0.1, 0.15) is 0 Å². The molecular weight excluding hydrogens is 236 g/mol. The molecule has 2 aliphatic rings. The van der Waals surface area contributed by atoms with Gasteiger partial charge in [-0.15, -0.1) is 0 Å². The number of amides is 1. The monoisotopic (exact) mass is 256 g/mol. The Labute approximate surface area is 106 Å². The number of carbonyl (C=O) groups is 2. The quantitative estimate of drug-likeness (QED) is 0.712. The van der Waals surface area contributed by atoms with E-state index >= 15 is 0 Å². The number of ether oxygens (including phenoxy) is 1. The van der Waals surface area contributed by atoms with Crippen LogP contribution in [0, 0.1) is 11.8 Å². The van der Waals surface area contributed by atoms with Gasteiger partial charge in [0.25, 0.3) is 0 Å². The largest absolute Gasteiger partial charge is 0.481 e. The first-order valence-electron chi connectivity index (χ1n) is 6.30. The van der Waals surface area contributed by atoms with Crippen molar-refractivity contribution in [3.05, 3.63) is 0 Å². The summed E-state index contributed by atoms with van der Waals surface area (Å²) in [6.07, 6.45) is 0.805. The highest BCUT2D eigenvalue weighted by atomic mass is 16.5. The van der Waals surface area contributed by atoms with Crippen LogP contribution in [-0.4, -0.2) is 60.8 Å². The Morgan fingerprint density at radius 3 is 2.61 bits per heavy atom. The molecule has 2 fully saturated rings. The molecule has 2 heterocycles. The van der Waals surface area contributed by atoms with Crippen LogP contribution in [0.25, 0.3) is 0 Å². The Balaban J connectivity index is 1.78. The number of carboxylic acids is 1. The Kier molecular flexibility index (Phi) is 3.87.